The zero-order chi connectivity index (χ0) is 16.4. The minimum Gasteiger partial charge on any atom is -0.280 e. The van der Waals surface area contributed by atoms with Crippen molar-refractivity contribution in [2.45, 2.75) is 9.79 Å². The molecule has 9 heteroatoms. The molecule has 0 spiro atoms. The van der Waals surface area contributed by atoms with E-state index in [1.54, 1.807) is 24.3 Å². The van der Waals surface area contributed by atoms with Crippen molar-refractivity contribution in [3.05, 3.63) is 52.1 Å². The second-order valence-electron chi connectivity index (χ2n) is 4.29. The van der Waals surface area contributed by atoms with E-state index < -0.39 is 20.0 Å². The van der Waals surface area contributed by atoms with Gasteiger partial charge in [-0.05, 0) is 72.1 Å². The Morgan fingerprint density at radius 2 is 1.41 bits per heavy atom. The number of sulfonamides is 2. The van der Waals surface area contributed by atoms with Crippen molar-refractivity contribution in [2.24, 2.45) is 0 Å². The van der Waals surface area contributed by atoms with Crippen LogP contribution in [0.5, 0.6) is 0 Å². The van der Waals surface area contributed by atoms with Gasteiger partial charge in [0.1, 0.15) is 0 Å². The van der Waals surface area contributed by atoms with Gasteiger partial charge in [-0.15, -0.1) is 0 Å². The molecule has 118 valence electrons. The summed E-state index contributed by atoms with van der Waals surface area (Å²) < 4.78 is 53.7. The van der Waals surface area contributed by atoms with Gasteiger partial charge < -0.3 is 0 Å². The first-order valence-corrected chi connectivity index (χ1v) is 10.1. The zero-order valence-electron chi connectivity index (χ0n) is 11.4. The summed E-state index contributed by atoms with van der Waals surface area (Å²) in [6, 6.07) is 12.0. The molecule has 2 aromatic carbocycles. The molecule has 2 N–H and O–H groups in total. The number of halogens is 1. The molecule has 0 aromatic heterocycles. The summed E-state index contributed by atoms with van der Waals surface area (Å²) in [6.45, 7) is 0. The predicted molar refractivity (Wildman–Crippen MR) is 92.7 cm³/mol. The van der Waals surface area contributed by atoms with E-state index in [1.807, 2.05) is 0 Å². The summed E-state index contributed by atoms with van der Waals surface area (Å²) >= 11 is 2.11. The molecular weight excluding hydrogens is 439 g/mol. The SMILES string of the molecule is CNS(=O)(=O)c1cccc(S(=O)(=O)Nc2ccc(I)cc2)c1. The van der Waals surface area contributed by atoms with Gasteiger partial charge in [0.2, 0.25) is 10.0 Å². The van der Waals surface area contributed by atoms with Gasteiger partial charge in [0, 0.05) is 9.26 Å². The van der Waals surface area contributed by atoms with Gasteiger partial charge in [-0.2, -0.15) is 0 Å². The van der Waals surface area contributed by atoms with E-state index in [2.05, 4.69) is 32.0 Å². The van der Waals surface area contributed by atoms with Crippen LogP contribution in [-0.2, 0) is 20.0 Å². The van der Waals surface area contributed by atoms with Crippen molar-refractivity contribution in [3.63, 3.8) is 0 Å². The van der Waals surface area contributed by atoms with Crippen molar-refractivity contribution >= 4 is 48.3 Å². The maximum Gasteiger partial charge on any atom is 0.261 e. The number of benzene rings is 2. The summed E-state index contributed by atoms with van der Waals surface area (Å²) in [5.41, 5.74) is 0.405. The molecule has 0 aliphatic heterocycles. The highest BCUT2D eigenvalue weighted by Crippen LogP contribution is 2.19. The van der Waals surface area contributed by atoms with Crippen molar-refractivity contribution in [1.29, 1.82) is 0 Å². The van der Waals surface area contributed by atoms with E-state index in [4.69, 9.17) is 0 Å². The smallest absolute Gasteiger partial charge is 0.261 e. The van der Waals surface area contributed by atoms with Crippen LogP contribution in [0, 0.1) is 3.57 Å². The van der Waals surface area contributed by atoms with Gasteiger partial charge in [-0.3, -0.25) is 4.72 Å². The molecule has 6 nitrogen and oxygen atoms in total. The molecule has 2 rings (SSSR count). The highest BCUT2D eigenvalue weighted by molar-refractivity contribution is 14.1. The Kier molecular flexibility index (Phi) is 5.10. The number of nitrogens with one attached hydrogen (secondary N) is 2. The van der Waals surface area contributed by atoms with Gasteiger partial charge in [0.15, 0.2) is 0 Å². The standard InChI is InChI=1S/C13H13IN2O4S2/c1-15-21(17,18)12-3-2-4-13(9-12)22(19,20)16-11-7-5-10(14)6-8-11/h2-9,15-16H,1H3. The van der Waals surface area contributed by atoms with Crippen LogP contribution in [0.3, 0.4) is 0 Å². The fourth-order valence-electron chi connectivity index (χ4n) is 1.66. The van der Waals surface area contributed by atoms with Gasteiger partial charge in [0.25, 0.3) is 10.0 Å². The Hall–Kier alpha value is -1.17. The minimum absolute atomic E-state index is 0.111. The first kappa shape index (κ1) is 17.2. The molecular formula is C13H13IN2O4S2. The van der Waals surface area contributed by atoms with Crippen LogP contribution < -0.4 is 9.44 Å². The maximum absolute atomic E-state index is 12.3. The Bertz CT molecular complexity index is 879. The summed E-state index contributed by atoms with van der Waals surface area (Å²) in [5.74, 6) is 0. The van der Waals surface area contributed by atoms with E-state index in [0.717, 1.165) is 9.64 Å². The third kappa shape index (κ3) is 3.97. The van der Waals surface area contributed by atoms with E-state index >= 15 is 0 Å². The second kappa shape index (κ2) is 6.52. The molecule has 0 unspecified atom stereocenters. The largest absolute Gasteiger partial charge is 0.280 e. The third-order valence-electron chi connectivity index (χ3n) is 2.79. The molecule has 0 heterocycles. The monoisotopic (exact) mass is 452 g/mol. The van der Waals surface area contributed by atoms with Gasteiger partial charge in [-0.25, -0.2) is 21.6 Å². The normalized spacial score (nSPS) is 12.1. The molecule has 0 radical (unpaired) electrons. The molecule has 0 atom stereocenters. The van der Waals surface area contributed by atoms with Crippen LogP contribution in [0.15, 0.2) is 58.3 Å². The maximum atomic E-state index is 12.3. The molecule has 0 aliphatic rings. The van der Waals surface area contributed by atoms with Crippen LogP contribution in [0.4, 0.5) is 5.69 Å². The minimum atomic E-state index is -3.86. The second-order valence-corrected chi connectivity index (χ2v) is 9.11. The summed E-state index contributed by atoms with van der Waals surface area (Å²) in [4.78, 5) is -0.233. The topological polar surface area (TPSA) is 92.3 Å². The van der Waals surface area contributed by atoms with E-state index in [9.17, 15) is 16.8 Å². The molecule has 0 fully saturated rings. The van der Waals surface area contributed by atoms with Gasteiger partial charge in [0.05, 0.1) is 9.79 Å². The summed E-state index contributed by atoms with van der Waals surface area (Å²) in [7, 11) is -6.30. The number of rotatable bonds is 5. The average molecular weight is 452 g/mol. The molecule has 0 saturated carbocycles. The molecule has 0 bridgehead atoms. The average Bonchev–Trinajstić information content (AvgIpc) is 2.49. The van der Waals surface area contributed by atoms with Gasteiger partial charge in [-0.1, -0.05) is 6.07 Å². The molecule has 0 saturated heterocycles. The molecule has 2 aromatic rings. The highest BCUT2D eigenvalue weighted by atomic mass is 127. The Morgan fingerprint density at radius 3 is 1.95 bits per heavy atom. The Labute approximate surface area is 143 Å². The first-order valence-electron chi connectivity index (χ1n) is 6.06. The lowest BCUT2D eigenvalue weighted by atomic mass is 10.3. The first-order chi connectivity index (χ1) is 10.2. The summed E-state index contributed by atoms with van der Waals surface area (Å²) in [6.07, 6.45) is 0. The van der Waals surface area contributed by atoms with Crippen LogP contribution in [0.2, 0.25) is 0 Å². The molecule has 0 amide bonds. The molecule has 22 heavy (non-hydrogen) atoms. The van der Waals surface area contributed by atoms with Crippen molar-refractivity contribution in [1.82, 2.24) is 4.72 Å². The zero-order valence-corrected chi connectivity index (χ0v) is 15.2. The van der Waals surface area contributed by atoms with Crippen LogP contribution >= 0.6 is 22.6 Å². The van der Waals surface area contributed by atoms with Crippen LogP contribution in [0.1, 0.15) is 0 Å². The number of hydrogen-bond acceptors (Lipinski definition) is 4. The fourth-order valence-corrected chi connectivity index (χ4v) is 3.97. The highest BCUT2D eigenvalue weighted by Gasteiger charge is 2.18. The number of hydrogen-bond donors (Lipinski definition) is 2. The van der Waals surface area contributed by atoms with Crippen LogP contribution in [0.25, 0.3) is 0 Å². The van der Waals surface area contributed by atoms with Crippen LogP contribution in [-0.4, -0.2) is 23.9 Å². The molecule has 0 aliphatic carbocycles. The summed E-state index contributed by atoms with van der Waals surface area (Å²) in [5, 5.41) is 0. The third-order valence-corrected chi connectivity index (χ3v) is 6.30. The van der Waals surface area contributed by atoms with E-state index in [0.29, 0.717) is 5.69 Å². The fraction of sp³-hybridized carbons (Fsp3) is 0.0769. The Morgan fingerprint density at radius 1 is 0.864 bits per heavy atom. The quantitative estimate of drug-likeness (QED) is 0.679. The lowest BCUT2D eigenvalue weighted by molar-refractivity contribution is 0.588. The van der Waals surface area contributed by atoms with E-state index in [-0.39, 0.29) is 9.79 Å². The lowest BCUT2D eigenvalue weighted by Gasteiger charge is -2.09. The van der Waals surface area contributed by atoms with Crippen molar-refractivity contribution in [2.75, 3.05) is 11.8 Å². The Balaban J connectivity index is 2.38. The van der Waals surface area contributed by atoms with Gasteiger partial charge >= 0.3 is 0 Å². The lowest BCUT2D eigenvalue weighted by Crippen LogP contribution is -2.19. The predicted octanol–water partition coefficient (Wildman–Crippen LogP) is 2.00. The number of anilines is 1. The van der Waals surface area contributed by atoms with Crippen molar-refractivity contribution < 1.29 is 16.8 Å². The van der Waals surface area contributed by atoms with Crippen molar-refractivity contribution in [3.8, 4) is 0 Å². The van der Waals surface area contributed by atoms with E-state index in [1.165, 1.54) is 25.2 Å².